The molecule has 21 heavy (non-hydrogen) atoms. The summed E-state index contributed by atoms with van der Waals surface area (Å²) >= 11 is 1.76. The quantitative estimate of drug-likeness (QED) is 0.845. The third-order valence-corrected chi connectivity index (χ3v) is 4.34. The van der Waals surface area contributed by atoms with Crippen LogP contribution in [0.4, 0.5) is 0 Å². The van der Waals surface area contributed by atoms with Gasteiger partial charge in [0, 0.05) is 17.3 Å². The van der Waals surface area contributed by atoms with E-state index in [-0.39, 0.29) is 6.10 Å². The summed E-state index contributed by atoms with van der Waals surface area (Å²) in [6.07, 6.45) is 1.03. The lowest BCUT2D eigenvalue weighted by atomic mass is 9.97. The van der Waals surface area contributed by atoms with E-state index < -0.39 is 0 Å². The third kappa shape index (κ3) is 4.22. The summed E-state index contributed by atoms with van der Waals surface area (Å²) in [6, 6.07) is 10.3. The zero-order valence-corrected chi connectivity index (χ0v) is 13.7. The van der Waals surface area contributed by atoms with E-state index in [0.29, 0.717) is 12.5 Å². The molecule has 0 aliphatic heterocycles. The lowest BCUT2D eigenvalue weighted by Gasteiger charge is -2.17. The van der Waals surface area contributed by atoms with E-state index in [1.165, 1.54) is 10.4 Å². The zero-order valence-electron chi connectivity index (χ0n) is 12.8. The van der Waals surface area contributed by atoms with Crippen molar-refractivity contribution in [3.63, 3.8) is 0 Å². The van der Waals surface area contributed by atoms with Gasteiger partial charge in [0.1, 0.15) is 0 Å². The van der Waals surface area contributed by atoms with Gasteiger partial charge in [0.2, 0.25) is 0 Å². The molecule has 0 radical (unpaired) electrons. The van der Waals surface area contributed by atoms with Crippen molar-refractivity contribution in [2.45, 2.75) is 32.3 Å². The van der Waals surface area contributed by atoms with Gasteiger partial charge in [-0.15, -0.1) is 11.3 Å². The molecule has 1 atom stereocenters. The van der Waals surface area contributed by atoms with Crippen molar-refractivity contribution in [1.29, 1.82) is 0 Å². The molecule has 1 heterocycles. The first-order chi connectivity index (χ1) is 10.1. The minimum Gasteiger partial charge on any atom is -0.493 e. The van der Waals surface area contributed by atoms with Gasteiger partial charge in [-0.1, -0.05) is 12.1 Å². The molecule has 0 fully saturated rings. The molecule has 0 aliphatic carbocycles. The van der Waals surface area contributed by atoms with Crippen molar-refractivity contribution in [2.75, 3.05) is 13.7 Å². The van der Waals surface area contributed by atoms with Crippen molar-refractivity contribution < 1.29 is 9.47 Å². The fourth-order valence-electron chi connectivity index (χ4n) is 2.30. The maximum absolute atomic E-state index is 5.94. The number of hydrogen-bond donors (Lipinski definition) is 1. The largest absolute Gasteiger partial charge is 0.493 e. The van der Waals surface area contributed by atoms with E-state index in [4.69, 9.17) is 15.2 Å². The van der Waals surface area contributed by atoms with E-state index in [9.17, 15) is 0 Å². The van der Waals surface area contributed by atoms with Gasteiger partial charge in [-0.3, -0.25) is 0 Å². The molecule has 2 aromatic rings. The predicted octanol–water partition coefficient (Wildman–Crippen LogP) is 3.83. The third-order valence-electron chi connectivity index (χ3n) is 3.30. The van der Waals surface area contributed by atoms with Crippen LogP contribution in [0.15, 0.2) is 35.7 Å². The molecule has 114 valence electrons. The van der Waals surface area contributed by atoms with Gasteiger partial charge in [0.25, 0.3) is 0 Å². The highest BCUT2D eigenvalue weighted by Gasteiger charge is 2.14. The maximum Gasteiger partial charge on any atom is 0.161 e. The first-order valence-electron chi connectivity index (χ1n) is 7.21. The van der Waals surface area contributed by atoms with Gasteiger partial charge >= 0.3 is 0 Å². The van der Waals surface area contributed by atoms with Crippen molar-refractivity contribution in [1.82, 2.24) is 0 Å². The summed E-state index contributed by atoms with van der Waals surface area (Å²) in [5, 5.41) is 2.10. The number of hydrogen-bond acceptors (Lipinski definition) is 4. The van der Waals surface area contributed by atoms with Gasteiger partial charge in [-0.05, 0) is 49.4 Å². The molecular weight excluding hydrogens is 282 g/mol. The second-order valence-corrected chi connectivity index (χ2v) is 6.28. The second kappa shape index (κ2) is 7.48. The van der Waals surface area contributed by atoms with Crippen LogP contribution >= 0.6 is 11.3 Å². The highest BCUT2D eigenvalue weighted by atomic mass is 32.1. The topological polar surface area (TPSA) is 44.5 Å². The molecule has 1 unspecified atom stereocenters. The second-order valence-electron chi connectivity index (χ2n) is 5.30. The standard InChI is InChI=1S/C17H23NO2S/c1-12(2)20-16-10-13(6-7-15(16)19-3)9-14(11-18)17-5-4-8-21-17/h4-8,10,12,14H,9,11,18H2,1-3H3. The Kier molecular flexibility index (Phi) is 5.65. The summed E-state index contributed by atoms with van der Waals surface area (Å²) in [5.41, 5.74) is 7.16. The van der Waals surface area contributed by atoms with Crippen LogP contribution in [0.3, 0.4) is 0 Å². The SMILES string of the molecule is COc1ccc(CC(CN)c2cccs2)cc1OC(C)C. The number of rotatable bonds is 7. The van der Waals surface area contributed by atoms with E-state index in [0.717, 1.165) is 17.9 Å². The Morgan fingerprint density at radius 1 is 1.19 bits per heavy atom. The monoisotopic (exact) mass is 305 g/mol. The summed E-state index contributed by atoms with van der Waals surface area (Å²) in [5.74, 6) is 1.92. The lowest BCUT2D eigenvalue weighted by molar-refractivity contribution is 0.230. The van der Waals surface area contributed by atoms with Crippen LogP contribution in [0.1, 0.15) is 30.2 Å². The molecule has 2 N–H and O–H groups in total. The van der Waals surface area contributed by atoms with Crippen molar-refractivity contribution in [3.05, 3.63) is 46.2 Å². The Morgan fingerprint density at radius 2 is 2.00 bits per heavy atom. The predicted molar refractivity (Wildman–Crippen MR) is 88.6 cm³/mol. The van der Waals surface area contributed by atoms with Gasteiger partial charge in [-0.25, -0.2) is 0 Å². The Balaban J connectivity index is 2.19. The summed E-state index contributed by atoms with van der Waals surface area (Å²) in [6.45, 7) is 4.67. The summed E-state index contributed by atoms with van der Waals surface area (Å²) < 4.78 is 11.2. The molecule has 0 saturated carbocycles. The minimum absolute atomic E-state index is 0.122. The van der Waals surface area contributed by atoms with E-state index in [1.54, 1.807) is 18.4 Å². The molecule has 0 saturated heterocycles. The van der Waals surface area contributed by atoms with Crippen LogP contribution in [-0.4, -0.2) is 19.8 Å². The normalized spacial score (nSPS) is 12.4. The molecule has 2 rings (SSSR count). The van der Waals surface area contributed by atoms with Crippen LogP contribution in [0.2, 0.25) is 0 Å². The Labute approximate surface area is 130 Å². The maximum atomic E-state index is 5.94. The zero-order chi connectivity index (χ0) is 15.2. The van der Waals surface area contributed by atoms with Crippen molar-refractivity contribution in [3.8, 4) is 11.5 Å². The smallest absolute Gasteiger partial charge is 0.161 e. The van der Waals surface area contributed by atoms with Crippen LogP contribution in [-0.2, 0) is 6.42 Å². The van der Waals surface area contributed by atoms with Gasteiger partial charge < -0.3 is 15.2 Å². The van der Waals surface area contributed by atoms with Crippen LogP contribution in [0, 0.1) is 0 Å². The van der Waals surface area contributed by atoms with Crippen LogP contribution in [0.25, 0.3) is 0 Å². The summed E-state index contributed by atoms with van der Waals surface area (Å²) in [4.78, 5) is 1.33. The van der Waals surface area contributed by atoms with E-state index in [1.807, 2.05) is 19.9 Å². The Hall–Kier alpha value is -1.52. The molecular formula is C17H23NO2S. The number of methoxy groups -OCH3 is 1. The van der Waals surface area contributed by atoms with Gasteiger partial charge in [-0.2, -0.15) is 0 Å². The fourth-order valence-corrected chi connectivity index (χ4v) is 3.15. The Morgan fingerprint density at radius 3 is 2.57 bits per heavy atom. The number of nitrogens with two attached hydrogens (primary N) is 1. The number of benzene rings is 1. The lowest BCUT2D eigenvalue weighted by Crippen LogP contribution is -2.14. The van der Waals surface area contributed by atoms with E-state index in [2.05, 4.69) is 29.6 Å². The average molecular weight is 305 g/mol. The first-order valence-corrected chi connectivity index (χ1v) is 8.09. The van der Waals surface area contributed by atoms with Gasteiger partial charge in [0.05, 0.1) is 13.2 Å². The molecule has 0 bridgehead atoms. The molecule has 4 heteroatoms. The first kappa shape index (κ1) is 15.9. The molecule has 0 aliphatic rings. The van der Waals surface area contributed by atoms with Crippen LogP contribution in [0.5, 0.6) is 11.5 Å². The highest BCUT2D eigenvalue weighted by Crippen LogP contribution is 2.31. The molecule has 0 amide bonds. The number of thiophene rings is 1. The van der Waals surface area contributed by atoms with Crippen LogP contribution < -0.4 is 15.2 Å². The average Bonchev–Trinajstić information content (AvgIpc) is 2.98. The Bertz CT molecular complexity index is 552. The van der Waals surface area contributed by atoms with Gasteiger partial charge in [0.15, 0.2) is 11.5 Å². The summed E-state index contributed by atoms with van der Waals surface area (Å²) in [7, 11) is 1.66. The molecule has 1 aromatic carbocycles. The number of ether oxygens (including phenoxy) is 2. The minimum atomic E-state index is 0.122. The van der Waals surface area contributed by atoms with E-state index >= 15 is 0 Å². The van der Waals surface area contributed by atoms with Crippen molar-refractivity contribution in [2.24, 2.45) is 5.73 Å². The molecule has 3 nitrogen and oxygen atoms in total. The molecule has 0 spiro atoms. The fraction of sp³-hybridized carbons (Fsp3) is 0.412. The van der Waals surface area contributed by atoms with Crippen molar-refractivity contribution >= 4 is 11.3 Å². The molecule has 1 aromatic heterocycles. The highest BCUT2D eigenvalue weighted by molar-refractivity contribution is 7.10.